The molecule has 4 aromatic carbocycles. The molecule has 1 nitrogen and oxygen atoms in total. The topological polar surface area (TPSA) is 9.23 Å². The predicted octanol–water partition coefficient (Wildman–Crippen LogP) is 6.94. The molecule has 0 atom stereocenters. The lowest BCUT2D eigenvalue weighted by Gasteiger charge is -2.33. The minimum Gasteiger partial charge on any atom is -0.460 e. The third-order valence-electron chi connectivity index (χ3n) is 7.02. The SMILES string of the molecule is C1=C(Oc2ccccc2)C2(C3=C1c1ccccc1C3)c1ccccc1-c1ccccc12. The van der Waals surface area contributed by atoms with Crippen molar-refractivity contribution >= 4 is 5.57 Å². The number of fused-ring (bicyclic) bond motifs is 8. The minimum atomic E-state index is -0.378. The molecule has 0 fully saturated rings. The summed E-state index contributed by atoms with van der Waals surface area (Å²) in [6, 6.07) is 36.7. The van der Waals surface area contributed by atoms with Gasteiger partial charge in [0.2, 0.25) is 0 Å². The van der Waals surface area contributed by atoms with Crippen LogP contribution < -0.4 is 4.74 Å². The number of hydrogen-bond acceptors (Lipinski definition) is 1. The number of hydrogen-bond donors (Lipinski definition) is 0. The van der Waals surface area contributed by atoms with Gasteiger partial charge in [-0.05, 0) is 69.2 Å². The fourth-order valence-corrected chi connectivity index (χ4v) is 5.82. The zero-order valence-corrected chi connectivity index (χ0v) is 17.0. The molecular formula is C30H20O. The first-order valence-electron chi connectivity index (χ1n) is 10.8. The minimum absolute atomic E-state index is 0.378. The highest BCUT2D eigenvalue weighted by molar-refractivity contribution is 5.96. The largest absolute Gasteiger partial charge is 0.460 e. The average Bonchev–Trinajstić information content (AvgIpc) is 3.44. The molecule has 0 saturated heterocycles. The Kier molecular flexibility index (Phi) is 3.32. The first-order valence-corrected chi connectivity index (χ1v) is 10.8. The number of rotatable bonds is 2. The Morgan fingerprint density at radius 3 is 1.87 bits per heavy atom. The second kappa shape index (κ2) is 6.09. The van der Waals surface area contributed by atoms with Crippen LogP contribution >= 0.6 is 0 Å². The van der Waals surface area contributed by atoms with Crippen LogP contribution in [0.1, 0.15) is 22.3 Å². The first kappa shape index (κ1) is 16.9. The monoisotopic (exact) mass is 396 g/mol. The molecule has 0 unspecified atom stereocenters. The van der Waals surface area contributed by atoms with Gasteiger partial charge in [-0.1, -0.05) is 91.0 Å². The molecule has 0 bridgehead atoms. The van der Waals surface area contributed by atoms with E-state index >= 15 is 0 Å². The van der Waals surface area contributed by atoms with E-state index in [4.69, 9.17) is 4.74 Å². The summed E-state index contributed by atoms with van der Waals surface area (Å²) < 4.78 is 6.70. The van der Waals surface area contributed by atoms with Crippen molar-refractivity contribution in [3.8, 4) is 16.9 Å². The van der Waals surface area contributed by atoms with E-state index in [1.807, 2.05) is 30.3 Å². The normalized spacial score (nSPS) is 16.6. The highest BCUT2D eigenvalue weighted by atomic mass is 16.5. The molecule has 3 aliphatic carbocycles. The van der Waals surface area contributed by atoms with E-state index in [1.54, 1.807) is 0 Å². The van der Waals surface area contributed by atoms with Crippen LogP contribution in [0.5, 0.6) is 5.75 Å². The molecule has 0 N–H and O–H groups in total. The van der Waals surface area contributed by atoms with Gasteiger partial charge >= 0.3 is 0 Å². The molecule has 3 aliphatic rings. The summed E-state index contributed by atoms with van der Waals surface area (Å²) in [6.45, 7) is 0. The van der Waals surface area contributed by atoms with Crippen LogP contribution in [0.2, 0.25) is 0 Å². The molecule has 146 valence electrons. The molecular weight excluding hydrogens is 376 g/mol. The standard InChI is InChI=1S/C30H20O/c1-2-11-21(12-3-1)31-29-19-25-22-13-5-4-10-20(22)18-28(25)30(29)26-16-8-6-14-23(26)24-15-7-9-17-27(24)30/h1-17,19H,18H2. The molecule has 31 heavy (non-hydrogen) atoms. The van der Waals surface area contributed by atoms with Crippen LogP contribution in [0.15, 0.2) is 121 Å². The van der Waals surface area contributed by atoms with Gasteiger partial charge in [0.05, 0.1) is 0 Å². The lowest BCUT2D eigenvalue weighted by Crippen LogP contribution is -2.31. The Labute approximate surface area is 182 Å². The van der Waals surface area contributed by atoms with Crippen LogP contribution in [-0.4, -0.2) is 0 Å². The Morgan fingerprint density at radius 2 is 1.16 bits per heavy atom. The number of allylic oxidation sites excluding steroid dienone is 3. The maximum atomic E-state index is 6.70. The first-order chi connectivity index (χ1) is 15.4. The van der Waals surface area contributed by atoms with Crippen molar-refractivity contribution in [3.63, 3.8) is 0 Å². The molecule has 0 saturated carbocycles. The van der Waals surface area contributed by atoms with Gasteiger partial charge in [0.25, 0.3) is 0 Å². The summed E-state index contributed by atoms with van der Waals surface area (Å²) >= 11 is 0. The van der Waals surface area contributed by atoms with E-state index in [-0.39, 0.29) is 5.41 Å². The van der Waals surface area contributed by atoms with Gasteiger partial charge in [-0.3, -0.25) is 0 Å². The van der Waals surface area contributed by atoms with Crippen LogP contribution in [-0.2, 0) is 11.8 Å². The summed E-state index contributed by atoms with van der Waals surface area (Å²) in [5.41, 5.74) is 10.4. The van der Waals surface area contributed by atoms with E-state index in [9.17, 15) is 0 Å². The molecule has 0 amide bonds. The molecule has 0 heterocycles. The summed E-state index contributed by atoms with van der Waals surface area (Å²) in [6.07, 6.45) is 3.25. The van der Waals surface area contributed by atoms with Crippen molar-refractivity contribution in [2.45, 2.75) is 11.8 Å². The van der Waals surface area contributed by atoms with Crippen molar-refractivity contribution in [3.05, 3.63) is 143 Å². The smallest absolute Gasteiger partial charge is 0.127 e. The number of ether oxygens (including phenoxy) is 1. The van der Waals surface area contributed by atoms with E-state index in [0.717, 1.165) is 17.9 Å². The maximum absolute atomic E-state index is 6.70. The number of benzene rings is 4. The van der Waals surface area contributed by atoms with Crippen molar-refractivity contribution in [1.29, 1.82) is 0 Å². The second-order valence-electron chi connectivity index (χ2n) is 8.49. The van der Waals surface area contributed by atoms with E-state index in [1.165, 1.54) is 44.5 Å². The summed E-state index contributed by atoms with van der Waals surface area (Å²) in [5.74, 6) is 1.89. The Balaban J connectivity index is 1.55. The summed E-state index contributed by atoms with van der Waals surface area (Å²) in [4.78, 5) is 0. The van der Waals surface area contributed by atoms with E-state index in [0.29, 0.717) is 0 Å². The summed E-state index contributed by atoms with van der Waals surface area (Å²) in [5, 5.41) is 0. The highest BCUT2D eigenvalue weighted by Gasteiger charge is 2.55. The van der Waals surface area contributed by atoms with E-state index in [2.05, 4.69) is 78.9 Å². The molecule has 7 rings (SSSR count). The number of para-hydroxylation sites is 1. The van der Waals surface area contributed by atoms with Crippen molar-refractivity contribution in [2.75, 3.05) is 0 Å². The van der Waals surface area contributed by atoms with Gasteiger partial charge in [0, 0.05) is 0 Å². The highest BCUT2D eigenvalue weighted by Crippen LogP contribution is 2.63. The zero-order chi connectivity index (χ0) is 20.4. The van der Waals surface area contributed by atoms with Gasteiger partial charge in [0.1, 0.15) is 16.9 Å². The molecule has 0 aromatic heterocycles. The predicted molar refractivity (Wildman–Crippen MR) is 125 cm³/mol. The third kappa shape index (κ3) is 2.11. The molecule has 0 aliphatic heterocycles. The third-order valence-corrected chi connectivity index (χ3v) is 7.02. The van der Waals surface area contributed by atoms with Crippen molar-refractivity contribution in [2.24, 2.45) is 0 Å². The van der Waals surface area contributed by atoms with Crippen LogP contribution in [0.25, 0.3) is 16.7 Å². The lowest BCUT2D eigenvalue weighted by molar-refractivity contribution is 0.367. The zero-order valence-electron chi connectivity index (χ0n) is 17.0. The molecule has 1 heteroatoms. The Hall–Kier alpha value is -3.84. The van der Waals surface area contributed by atoms with Crippen LogP contribution in [0.3, 0.4) is 0 Å². The van der Waals surface area contributed by atoms with Gasteiger partial charge in [0.15, 0.2) is 0 Å². The van der Waals surface area contributed by atoms with Crippen LogP contribution in [0, 0.1) is 0 Å². The van der Waals surface area contributed by atoms with E-state index < -0.39 is 0 Å². The van der Waals surface area contributed by atoms with Gasteiger partial charge in [-0.15, -0.1) is 0 Å². The van der Waals surface area contributed by atoms with Crippen molar-refractivity contribution < 1.29 is 4.74 Å². The van der Waals surface area contributed by atoms with Gasteiger partial charge in [-0.2, -0.15) is 0 Å². The quantitative estimate of drug-likeness (QED) is 0.357. The second-order valence-corrected chi connectivity index (χ2v) is 8.49. The van der Waals surface area contributed by atoms with Gasteiger partial charge in [-0.25, -0.2) is 0 Å². The lowest BCUT2D eigenvalue weighted by atomic mass is 9.71. The molecule has 0 radical (unpaired) electrons. The van der Waals surface area contributed by atoms with Gasteiger partial charge < -0.3 is 4.74 Å². The summed E-state index contributed by atoms with van der Waals surface area (Å²) in [7, 11) is 0. The fraction of sp³-hybridized carbons (Fsp3) is 0.0667. The average molecular weight is 396 g/mol. The Bertz CT molecular complexity index is 1380. The van der Waals surface area contributed by atoms with Crippen LogP contribution in [0.4, 0.5) is 0 Å². The molecule has 1 spiro atoms. The molecule has 4 aromatic rings. The fourth-order valence-electron chi connectivity index (χ4n) is 5.82. The Morgan fingerprint density at radius 1 is 0.581 bits per heavy atom. The maximum Gasteiger partial charge on any atom is 0.127 e. The van der Waals surface area contributed by atoms with Crippen molar-refractivity contribution in [1.82, 2.24) is 0 Å².